The molecule has 2 aromatic carbocycles. The van der Waals surface area contributed by atoms with E-state index in [1.165, 1.54) is 108 Å². The Labute approximate surface area is 423 Å². The number of hydrogen-bond acceptors (Lipinski definition) is 16. The van der Waals surface area contributed by atoms with Crippen molar-refractivity contribution in [1.82, 2.24) is 10.9 Å². The summed E-state index contributed by atoms with van der Waals surface area (Å²) >= 11 is 0. The van der Waals surface area contributed by atoms with Crippen LogP contribution in [0.3, 0.4) is 0 Å². The molecule has 0 radical (unpaired) electrons. The topological polar surface area (TPSA) is 237 Å². The Balaban J connectivity index is 0.899. The predicted octanol–water partition coefficient (Wildman–Crippen LogP) is 7.12. The van der Waals surface area contributed by atoms with E-state index >= 15 is 0 Å². The highest BCUT2D eigenvalue weighted by Gasteiger charge is 2.75. The minimum Gasteiger partial charge on any atom is -0.507 e. The highest BCUT2D eigenvalue weighted by Crippen LogP contribution is 2.80. The van der Waals surface area contributed by atoms with Crippen molar-refractivity contribution in [3.05, 3.63) is 28.8 Å². The summed E-state index contributed by atoms with van der Waals surface area (Å²) < 4.78 is 26.3. The Bertz CT molecular complexity index is 2480. The molecule has 0 unspecified atom stereocenters. The monoisotopic (exact) mass is 1020 g/mol. The first-order valence-electron chi connectivity index (χ1n) is 26.7. The molecule has 4 saturated heterocycles. The number of rotatable bonds is 7. The molecule has 6 aliphatic carbocycles. The highest BCUT2D eigenvalue weighted by atomic mass is 33.1. The number of nitrogens with one attached hydrogen (secondary N) is 2. The number of carboxylic acids is 1. The van der Waals surface area contributed by atoms with Crippen LogP contribution >= 0.6 is 21.6 Å². The molecule has 6 saturated carbocycles. The van der Waals surface area contributed by atoms with Gasteiger partial charge in [0.2, 0.25) is 6.29 Å². The second kappa shape index (κ2) is 17.6. The minimum absolute atomic E-state index is 0.0183. The van der Waals surface area contributed by atoms with Crippen molar-refractivity contribution in [1.29, 1.82) is 0 Å². The predicted molar refractivity (Wildman–Crippen MR) is 266 cm³/mol. The SMILES string of the molecule is CC(=O)c1c(C)c(O)c2cc(C(=O)O)cc(O[C@@H]3O[C@H](CO)[C@]4(CC[C@]56C[C@@]7(C[C@@H]8COC[C@@](CCO)(CSSCO4)[C@@H]85)C[C@]4(CC[C@H]5CCC[C@H]8CCC[C@]89CC[C@@]54C9)C[C@H]7NN6)[C@H](O)[C@H]3O)c2c1O. The summed E-state index contributed by atoms with van der Waals surface area (Å²) in [5.74, 6) is -0.469. The van der Waals surface area contributed by atoms with Gasteiger partial charge in [0.25, 0.3) is 0 Å². The lowest BCUT2D eigenvalue weighted by atomic mass is 9.46. The Morgan fingerprint density at radius 3 is 2.51 bits per heavy atom. The van der Waals surface area contributed by atoms with E-state index in [9.17, 15) is 45.3 Å². The molecule has 6 spiro atoms. The molecule has 15 nitrogen and oxygen atoms in total. The molecule has 71 heavy (non-hydrogen) atoms. The summed E-state index contributed by atoms with van der Waals surface area (Å²) in [6.07, 6.45) is 14.3. The molecule has 10 aliphatic rings. The van der Waals surface area contributed by atoms with Gasteiger partial charge >= 0.3 is 5.97 Å². The fourth-order valence-electron chi connectivity index (χ4n) is 19.4. The number of ketones is 1. The van der Waals surface area contributed by atoms with Crippen molar-refractivity contribution in [2.24, 2.45) is 50.7 Å². The van der Waals surface area contributed by atoms with Gasteiger partial charge in [0.05, 0.1) is 29.7 Å². The second-order valence-electron chi connectivity index (χ2n) is 24.7. The van der Waals surface area contributed by atoms with Gasteiger partial charge in [-0.1, -0.05) is 34.4 Å². The standard InChI is InChI=1S/C54H74N2O13S2/c1-29-39(30(2)59)42(61)40-35(41(29)60)17-31(46(64)65)18-36(40)68-47-43(62)45(63)54(38(21-58)69-47)14-13-53-25-50(19-32-22-66-26-49(15-16-57,44(32)53)27-70-71-28-67-54)23-51(20-37(50)55-56-53)10-8-34-6-3-5-33-7-4-9-48(33)11-12-52(34,51)24-48/h17-18,32-34,37-38,43-45,47,55-58,60-63H,3-16,19-28H2,1-2H3,(H,64,65)/t32-,33+,34-,37-,38-,43-,44-,45-,47-,48-,49+,50-,51+,52-,53+,54-/m1/s1. The summed E-state index contributed by atoms with van der Waals surface area (Å²) in [5.41, 5.74) is 6.28. The molecular formula is C54H74N2O13S2. The number of carboxylic acid groups (broad SMARTS) is 1. The van der Waals surface area contributed by atoms with Gasteiger partial charge in [-0.3, -0.25) is 15.6 Å². The summed E-state index contributed by atoms with van der Waals surface area (Å²) in [6.45, 7) is 3.21. The third-order valence-corrected chi connectivity index (χ3v) is 24.2. The van der Waals surface area contributed by atoms with Crippen LogP contribution in [0.4, 0.5) is 0 Å². The van der Waals surface area contributed by atoms with E-state index in [0.29, 0.717) is 42.6 Å². The Morgan fingerprint density at radius 1 is 0.901 bits per heavy atom. The molecule has 4 bridgehead atoms. The van der Waals surface area contributed by atoms with Crippen molar-refractivity contribution in [3.63, 3.8) is 0 Å². The van der Waals surface area contributed by atoms with E-state index in [1.54, 1.807) is 10.8 Å². The highest BCUT2D eigenvalue weighted by molar-refractivity contribution is 8.76. The molecule has 10 fully saturated rings. The van der Waals surface area contributed by atoms with Crippen LogP contribution in [0.1, 0.15) is 149 Å². The van der Waals surface area contributed by atoms with Gasteiger partial charge in [-0.25, -0.2) is 4.79 Å². The number of benzene rings is 2. The average molecular weight is 1020 g/mol. The zero-order valence-electron chi connectivity index (χ0n) is 41.2. The summed E-state index contributed by atoms with van der Waals surface area (Å²) in [5, 5.41) is 79.7. The van der Waals surface area contributed by atoms with Gasteiger partial charge in [0.1, 0.15) is 47.1 Å². The number of phenolic OH excluding ortho intramolecular Hbond substituents is 2. The van der Waals surface area contributed by atoms with Crippen molar-refractivity contribution in [2.75, 3.05) is 38.1 Å². The van der Waals surface area contributed by atoms with Crippen molar-refractivity contribution >= 4 is 44.1 Å². The Kier molecular flexibility index (Phi) is 12.2. The lowest BCUT2D eigenvalue weighted by Crippen LogP contribution is -2.77. The molecular weight excluding hydrogens is 949 g/mol. The third kappa shape index (κ3) is 7.08. The maximum atomic E-state index is 12.8. The third-order valence-electron chi connectivity index (χ3n) is 21.9. The number of aromatic hydroxyl groups is 2. The van der Waals surface area contributed by atoms with Gasteiger partial charge in [-0.15, -0.1) is 0 Å². The van der Waals surface area contributed by atoms with E-state index < -0.39 is 65.6 Å². The number of aliphatic hydroxyl groups is 4. The van der Waals surface area contributed by atoms with Crippen molar-refractivity contribution in [3.8, 4) is 17.2 Å². The van der Waals surface area contributed by atoms with Gasteiger partial charge in [0, 0.05) is 46.9 Å². The summed E-state index contributed by atoms with van der Waals surface area (Å²) in [7, 11) is 3.12. The maximum Gasteiger partial charge on any atom is 0.335 e. The first kappa shape index (κ1) is 49.5. The number of carbonyl (C=O) groups is 2. The van der Waals surface area contributed by atoms with E-state index in [2.05, 4.69) is 10.9 Å². The van der Waals surface area contributed by atoms with E-state index in [1.807, 2.05) is 0 Å². The molecule has 16 atom stereocenters. The van der Waals surface area contributed by atoms with Crippen LogP contribution in [0.15, 0.2) is 12.1 Å². The van der Waals surface area contributed by atoms with Crippen LogP contribution in [0.25, 0.3) is 10.8 Å². The van der Waals surface area contributed by atoms with Crippen LogP contribution < -0.4 is 15.6 Å². The molecule has 390 valence electrons. The minimum atomic E-state index is -1.82. The maximum absolute atomic E-state index is 12.8. The van der Waals surface area contributed by atoms with Gasteiger partial charge < -0.3 is 54.7 Å². The lowest BCUT2D eigenvalue weighted by molar-refractivity contribution is -0.323. The molecule has 0 aromatic heterocycles. The molecule has 2 aromatic rings. The van der Waals surface area contributed by atoms with Crippen LogP contribution in [0, 0.1) is 57.7 Å². The van der Waals surface area contributed by atoms with E-state index in [4.69, 9.17) is 18.9 Å². The lowest BCUT2D eigenvalue weighted by Gasteiger charge is -2.67. The first-order valence-corrected chi connectivity index (χ1v) is 29.2. The van der Waals surface area contributed by atoms with Crippen LogP contribution in [-0.4, -0.2) is 127 Å². The molecule has 9 N–H and O–H groups in total. The quantitative estimate of drug-likeness (QED) is 0.0762. The Morgan fingerprint density at radius 2 is 1.72 bits per heavy atom. The number of hydrogen-bond donors (Lipinski definition) is 9. The largest absolute Gasteiger partial charge is 0.507 e. The van der Waals surface area contributed by atoms with Crippen molar-refractivity contribution < 1.29 is 64.3 Å². The fourth-order valence-corrected chi connectivity index (χ4v) is 21.7. The van der Waals surface area contributed by atoms with Crippen LogP contribution in [-0.2, 0) is 14.2 Å². The number of hydrazine groups is 1. The summed E-state index contributed by atoms with van der Waals surface area (Å²) in [4.78, 5) is 25.2. The van der Waals surface area contributed by atoms with Gasteiger partial charge in [-0.2, -0.15) is 0 Å². The Hall–Kier alpha value is -2.42. The number of aromatic carboxylic acids is 1. The fraction of sp³-hybridized carbons (Fsp3) is 0.778. The van der Waals surface area contributed by atoms with Crippen LogP contribution in [0.2, 0.25) is 0 Å². The number of aliphatic hydroxyl groups excluding tert-OH is 4. The number of phenols is 2. The summed E-state index contributed by atoms with van der Waals surface area (Å²) in [6, 6.07) is 2.54. The number of fused-ring (bicyclic) bond motifs is 1. The van der Waals surface area contributed by atoms with Crippen LogP contribution in [0.5, 0.6) is 17.2 Å². The number of ether oxygens (including phenoxy) is 4. The smallest absolute Gasteiger partial charge is 0.335 e. The zero-order chi connectivity index (χ0) is 49.5. The zero-order valence-corrected chi connectivity index (χ0v) is 42.9. The molecule has 0 amide bonds. The number of carbonyl (C=O) groups excluding carboxylic acids is 1. The number of Topliss-reactive ketones (excluding diaryl/α,β-unsaturated/α-hetero) is 1. The molecule has 17 heteroatoms. The average Bonchev–Trinajstić information content (AvgIpc) is 4.08. The van der Waals surface area contributed by atoms with E-state index in [-0.39, 0.29) is 86.3 Å². The first-order chi connectivity index (χ1) is 34.0. The van der Waals surface area contributed by atoms with Gasteiger partial charge in [0.15, 0.2) is 5.78 Å². The molecule has 4 aliphatic heterocycles. The van der Waals surface area contributed by atoms with Gasteiger partial charge in [-0.05, 0) is 174 Å². The van der Waals surface area contributed by atoms with E-state index in [0.717, 1.165) is 36.8 Å². The van der Waals surface area contributed by atoms with Crippen molar-refractivity contribution in [2.45, 2.75) is 171 Å². The normalized spacial score (nSPS) is 45.9. The molecule has 12 rings (SSSR count). The second-order valence-corrected chi connectivity index (χ2v) is 27.1. The molecule has 4 heterocycles.